The molecule has 1 saturated carbocycles. The highest BCUT2D eigenvalue weighted by atomic mass is 16.4. The van der Waals surface area contributed by atoms with Gasteiger partial charge in [-0.25, -0.2) is 0 Å². The number of hydrogen-bond acceptors (Lipinski definition) is 4. The Labute approximate surface area is 135 Å². The van der Waals surface area contributed by atoms with Gasteiger partial charge in [-0.3, -0.25) is 14.3 Å². The maximum absolute atomic E-state index is 12.4. The van der Waals surface area contributed by atoms with Gasteiger partial charge in [0.15, 0.2) is 0 Å². The molecule has 126 valence electrons. The van der Waals surface area contributed by atoms with Crippen molar-refractivity contribution in [3.63, 3.8) is 0 Å². The second kappa shape index (κ2) is 6.70. The lowest BCUT2D eigenvalue weighted by atomic mass is 9.98. The van der Waals surface area contributed by atoms with Crippen molar-refractivity contribution in [2.75, 3.05) is 19.6 Å². The summed E-state index contributed by atoms with van der Waals surface area (Å²) >= 11 is 0. The molecule has 1 amide bonds. The van der Waals surface area contributed by atoms with Crippen molar-refractivity contribution in [3.8, 4) is 0 Å². The molecule has 3 rings (SSSR count). The molecule has 1 aromatic heterocycles. The fraction of sp³-hybridized carbons (Fsp3) is 0.688. The van der Waals surface area contributed by atoms with E-state index >= 15 is 0 Å². The van der Waals surface area contributed by atoms with Gasteiger partial charge in [0.2, 0.25) is 0 Å². The van der Waals surface area contributed by atoms with E-state index in [1.807, 2.05) is 6.92 Å². The first-order valence-corrected chi connectivity index (χ1v) is 8.35. The molecule has 0 bridgehead atoms. The van der Waals surface area contributed by atoms with Gasteiger partial charge >= 0.3 is 5.97 Å². The smallest absolute Gasteiger partial charge is 0.304 e. The van der Waals surface area contributed by atoms with E-state index in [0.717, 1.165) is 19.6 Å². The third-order valence-corrected chi connectivity index (χ3v) is 4.82. The topological polar surface area (TPSA) is 87.5 Å². The number of nitrogens with one attached hydrogen (secondary N) is 1. The predicted octanol–water partition coefficient (Wildman–Crippen LogP) is 0.818. The molecule has 0 unspecified atom stereocenters. The van der Waals surface area contributed by atoms with E-state index in [9.17, 15) is 9.59 Å². The summed E-state index contributed by atoms with van der Waals surface area (Å²) in [6.45, 7) is 4.88. The number of carboxylic acids is 1. The monoisotopic (exact) mass is 320 g/mol. The van der Waals surface area contributed by atoms with E-state index in [1.54, 1.807) is 16.9 Å². The quantitative estimate of drug-likeness (QED) is 0.776. The number of carboxylic acid groups (broad SMARTS) is 1. The Kier molecular flexibility index (Phi) is 4.66. The summed E-state index contributed by atoms with van der Waals surface area (Å²) in [6, 6.07) is 1.83. The Balaban J connectivity index is 1.60. The van der Waals surface area contributed by atoms with Gasteiger partial charge in [-0.15, -0.1) is 0 Å². The minimum Gasteiger partial charge on any atom is -0.481 e. The molecule has 0 aromatic carbocycles. The van der Waals surface area contributed by atoms with Gasteiger partial charge in [0.25, 0.3) is 5.91 Å². The van der Waals surface area contributed by atoms with Gasteiger partial charge in [0.1, 0.15) is 5.69 Å². The van der Waals surface area contributed by atoms with Crippen molar-refractivity contribution in [2.45, 2.75) is 38.8 Å². The number of amides is 1. The normalized spacial score (nSPS) is 24.7. The largest absolute Gasteiger partial charge is 0.481 e. The molecule has 1 saturated heterocycles. The second-order valence-corrected chi connectivity index (χ2v) is 6.54. The zero-order valence-electron chi connectivity index (χ0n) is 13.4. The molecule has 7 heteroatoms. The summed E-state index contributed by atoms with van der Waals surface area (Å²) < 4.78 is 1.74. The molecule has 7 nitrogen and oxygen atoms in total. The van der Waals surface area contributed by atoms with Crippen molar-refractivity contribution in [3.05, 3.63) is 18.0 Å². The van der Waals surface area contributed by atoms with Crippen molar-refractivity contribution in [2.24, 2.45) is 11.8 Å². The summed E-state index contributed by atoms with van der Waals surface area (Å²) in [5.74, 6) is 0.197. The van der Waals surface area contributed by atoms with E-state index in [2.05, 4.69) is 15.3 Å². The first kappa shape index (κ1) is 16.0. The van der Waals surface area contributed by atoms with Crippen molar-refractivity contribution in [1.82, 2.24) is 20.0 Å². The van der Waals surface area contributed by atoms with Crippen LogP contribution in [0.1, 0.15) is 36.7 Å². The molecule has 0 spiro atoms. The third-order valence-electron chi connectivity index (χ3n) is 4.82. The van der Waals surface area contributed by atoms with Gasteiger partial charge in [0, 0.05) is 38.4 Å². The molecule has 2 fully saturated rings. The fourth-order valence-corrected chi connectivity index (χ4v) is 3.41. The molecule has 2 aliphatic rings. The first-order valence-electron chi connectivity index (χ1n) is 8.35. The van der Waals surface area contributed by atoms with Crippen LogP contribution >= 0.6 is 0 Å². The predicted molar refractivity (Wildman–Crippen MR) is 84.1 cm³/mol. The van der Waals surface area contributed by atoms with Crippen LogP contribution in [-0.4, -0.2) is 57.3 Å². The number of rotatable bonds is 7. The highest BCUT2D eigenvalue weighted by Gasteiger charge is 2.43. The van der Waals surface area contributed by atoms with Crippen LogP contribution in [0.3, 0.4) is 0 Å². The van der Waals surface area contributed by atoms with Gasteiger partial charge < -0.3 is 15.3 Å². The first-order chi connectivity index (χ1) is 11.1. The summed E-state index contributed by atoms with van der Waals surface area (Å²) in [7, 11) is 0. The van der Waals surface area contributed by atoms with Crippen LogP contribution in [0.2, 0.25) is 0 Å². The summed E-state index contributed by atoms with van der Waals surface area (Å²) in [5.41, 5.74) is 0.449. The van der Waals surface area contributed by atoms with Crippen molar-refractivity contribution in [1.29, 1.82) is 0 Å². The van der Waals surface area contributed by atoms with E-state index < -0.39 is 5.97 Å². The maximum Gasteiger partial charge on any atom is 0.304 e. The minimum atomic E-state index is -0.773. The number of carbonyl (C=O) groups is 2. The lowest BCUT2D eigenvalue weighted by Crippen LogP contribution is -2.41. The molecule has 0 radical (unpaired) electrons. The average molecular weight is 320 g/mol. The third kappa shape index (κ3) is 3.90. The molecule has 1 aliphatic carbocycles. The molecule has 2 atom stereocenters. The molecule has 2 N–H and O–H groups in total. The minimum absolute atomic E-state index is 0.0931. The number of carbonyl (C=O) groups excluding carboxylic acids is 1. The van der Waals surface area contributed by atoms with Crippen LogP contribution in [0.5, 0.6) is 0 Å². The molecule has 23 heavy (non-hydrogen) atoms. The van der Waals surface area contributed by atoms with E-state index in [0.29, 0.717) is 24.1 Å². The van der Waals surface area contributed by atoms with Gasteiger partial charge in [-0.1, -0.05) is 0 Å². The average Bonchev–Trinajstić information content (AvgIpc) is 3.11. The number of hydrogen-bond donors (Lipinski definition) is 2. The SMILES string of the molecule is CCn1ccc(C(=O)N[C@H]2CN(CCC(=O)O)C[C@@H]2C2CC2)n1. The molecule has 1 aromatic rings. The Morgan fingerprint density at radius 2 is 2.17 bits per heavy atom. The summed E-state index contributed by atoms with van der Waals surface area (Å²) in [6.07, 6.45) is 4.39. The van der Waals surface area contributed by atoms with Crippen LogP contribution < -0.4 is 5.32 Å². The number of aliphatic carboxylic acids is 1. The maximum atomic E-state index is 12.4. The highest BCUT2D eigenvalue weighted by Crippen LogP contribution is 2.41. The zero-order chi connectivity index (χ0) is 16.4. The summed E-state index contributed by atoms with van der Waals surface area (Å²) in [4.78, 5) is 25.3. The van der Waals surface area contributed by atoms with Crippen molar-refractivity contribution < 1.29 is 14.7 Å². The number of aromatic nitrogens is 2. The Morgan fingerprint density at radius 1 is 1.39 bits per heavy atom. The van der Waals surface area contributed by atoms with Crippen LogP contribution in [-0.2, 0) is 11.3 Å². The number of nitrogens with zero attached hydrogens (tertiary/aromatic N) is 3. The van der Waals surface area contributed by atoms with Gasteiger partial charge in [-0.05, 0) is 37.7 Å². The second-order valence-electron chi connectivity index (χ2n) is 6.54. The molecular weight excluding hydrogens is 296 g/mol. The number of likely N-dealkylation sites (tertiary alicyclic amines) is 1. The van der Waals surface area contributed by atoms with Crippen LogP contribution in [0.25, 0.3) is 0 Å². The van der Waals surface area contributed by atoms with E-state index in [-0.39, 0.29) is 18.4 Å². The summed E-state index contributed by atoms with van der Waals surface area (Å²) in [5, 5.41) is 16.2. The molecule has 2 heterocycles. The Morgan fingerprint density at radius 3 is 2.78 bits per heavy atom. The Hall–Kier alpha value is -1.89. The lowest BCUT2D eigenvalue weighted by Gasteiger charge is -2.18. The van der Waals surface area contributed by atoms with Crippen LogP contribution in [0.4, 0.5) is 0 Å². The van der Waals surface area contributed by atoms with E-state index in [1.165, 1.54) is 12.8 Å². The number of aryl methyl sites for hydroxylation is 1. The lowest BCUT2D eigenvalue weighted by molar-refractivity contribution is -0.137. The molecular formula is C16H24N4O3. The fourth-order valence-electron chi connectivity index (χ4n) is 3.41. The zero-order valence-corrected chi connectivity index (χ0v) is 13.4. The highest BCUT2D eigenvalue weighted by molar-refractivity contribution is 5.92. The van der Waals surface area contributed by atoms with Gasteiger partial charge in [-0.2, -0.15) is 5.10 Å². The van der Waals surface area contributed by atoms with Crippen LogP contribution in [0, 0.1) is 11.8 Å². The Bertz CT molecular complexity index is 582. The van der Waals surface area contributed by atoms with E-state index in [4.69, 9.17) is 5.11 Å². The standard InChI is InChI=1S/C16H24N4O3/c1-2-20-8-5-13(18-20)16(23)17-14-10-19(7-6-15(21)22)9-12(14)11-3-4-11/h5,8,11-12,14H,2-4,6-7,9-10H2,1H3,(H,17,23)(H,21,22)/t12-,14+/m1/s1. The van der Waals surface area contributed by atoms with Gasteiger partial charge in [0.05, 0.1) is 6.42 Å². The molecule has 1 aliphatic heterocycles. The van der Waals surface area contributed by atoms with Crippen LogP contribution in [0.15, 0.2) is 12.3 Å². The van der Waals surface area contributed by atoms with Crippen molar-refractivity contribution >= 4 is 11.9 Å².